The second kappa shape index (κ2) is 7.88. The number of carbonyl (C=O) groups excluding carboxylic acids is 1. The van der Waals surface area contributed by atoms with E-state index in [1.165, 1.54) is 18.0 Å². The van der Waals surface area contributed by atoms with Crippen molar-refractivity contribution in [3.05, 3.63) is 90.3 Å². The van der Waals surface area contributed by atoms with Gasteiger partial charge in [-0.25, -0.2) is 5.43 Å². The number of hydrogen-bond donors (Lipinski definition) is 1. The van der Waals surface area contributed by atoms with Crippen LogP contribution < -0.4 is 5.43 Å². The molecule has 2 aromatic heterocycles. The summed E-state index contributed by atoms with van der Waals surface area (Å²) in [5.74, 6) is 0.286. The average molecular weight is 373 g/mol. The molecule has 132 valence electrons. The van der Waals surface area contributed by atoms with Crippen LogP contribution in [0.3, 0.4) is 0 Å². The van der Waals surface area contributed by atoms with Crippen LogP contribution in [0.15, 0.2) is 98.5 Å². The minimum Gasteiger partial charge on any atom is -0.448 e. The highest BCUT2D eigenvalue weighted by atomic mass is 32.2. The summed E-state index contributed by atoms with van der Waals surface area (Å²) in [4.78, 5) is 17.4. The lowest BCUT2D eigenvalue weighted by Gasteiger charge is -2.02. The summed E-state index contributed by atoms with van der Waals surface area (Å²) in [6.07, 6.45) is 3.26. The highest BCUT2D eigenvalue weighted by molar-refractivity contribution is 7.99. The van der Waals surface area contributed by atoms with E-state index in [2.05, 4.69) is 15.5 Å². The van der Waals surface area contributed by atoms with Gasteiger partial charge >= 0.3 is 0 Å². The maximum Gasteiger partial charge on any atom is 0.271 e. The molecule has 2 heterocycles. The van der Waals surface area contributed by atoms with Gasteiger partial charge in [-0.05, 0) is 48.2 Å². The maximum absolute atomic E-state index is 11.9. The monoisotopic (exact) mass is 373 g/mol. The second-order valence-electron chi connectivity index (χ2n) is 5.66. The van der Waals surface area contributed by atoms with E-state index in [9.17, 15) is 4.79 Å². The Kier molecular flexibility index (Phi) is 4.98. The van der Waals surface area contributed by atoms with E-state index in [0.717, 1.165) is 20.9 Å². The number of fused-ring (bicyclic) bond motifs is 1. The topological polar surface area (TPSA) is 67.5 Å². The van der Waals surface area contributed by atoms with Crippen molar-refractivity contribution < 1.29 is 9.21 Å². The molecule has 0 saturated carbocycles. The molecule has 4 aromatic rings. The van der Waals surface area contributed by atoms with E-state index in [1.54, 1.807) is 36.5 Å². The zero-order chi connectivity index (χ0) is 18.5. The molecule has 27 heavy (non-hydrogen) atoms. The van der Waals surface area contributed by atoms with Crippen LogP contribution in [0.4, 0.5) is 0 Å². The summed E-state index contributed by atoms with van der Waals surface area (Å²) in [6.45, 7) is 0. The van der Waals surface area contributed by atoms with Gasteiger partial charge in [0.25, 0.3) is 5.91 Å². The third-order valence-corrected chi connectivity index (χ3v) is 4.77. The molecule has 0 radical (unpaired) electrons. The van der Waals surface area contributed by atoms with Crippen LogP contribution in [0, 0.1) is 0 Å². The number of rotatable bonds is 5. The van der Waals surface area contributed by atoms with Crippen molar-refractivity contribution in [3.8, 4) is 0 Å². The second-order valence-corrected chi connectivity index (χ2v) is 6.70. The van der Waals surface area contributed by atoms with E-state index >= 15 is 0 Å². The van der Waals surface area contributed by atoms with Gasteiger partial charge in [-0.2, -0.15) is 5.10 Å². The van der Waals surface area contributed by atoms with Crippen LogP contribution in [-0.2, 0) is 0 Å². The van der Waals surface area contributed by atoms with Crippen LogP contribution in [0.2, 0.25) is 0 Å². The number of nitrogens with zero attached hydrogens (tertiary/aromatic N) is 2. The molecule has 0 aliphatic carbocycles. The lowest BCUT2D eigenvalue weighted by molar-refractivity contribution is 0.0955. The van der Waals surface area contributed by atoms with Crippen LogP contribution in [0.1, 0.15) is 16.1 Å². The fraction of sp³-hybridized carbons (Fsp3) is 0. The Morgan fingerprint density at radius 1 is 1.00 bits per heavy atom. The van der Waals surface area contributed by atoms with Gasteiger partial charge in [0, 0.05) is 22.0 Å². The molecule has 0 bridgehead atoms. The molecule has 0 atom stereocenters. The number of aromatic nitrogens is 1. The molecule has 0 fully saturated rings. The van der Waals surface area contributed by atoms with E-state index in [1.807, 2.05) is 42.5 Å². The predicted octanol–water partition coefficient (Wildman–Crippen LogP) is 4.74. The van der Waals surface area contributed by atoms with Gasteiger partial charge in [0.05, 0.1) is 11.7 Å². The minimum atomic E-state index is -0.269. The largest absolute Gasteiger partial charge is 0.448 e. The van der Waals surface area contributed by atoms with Gasteiger partial charge in [0.2, 0.25) is 0 Å². The number of hydrogen-bond acceptors (Lipinski definition) is 5. The first-order valence-electron chi connectivity index (χ1n) is 8.29. The Labute approximate surface area is 160 Å². The highest BCUT2D eigenvalue weighted by Gasteiger charge is 2.07. The van der Waals surface area contributed by atoms with Crippen molar-refractivity contribution in [3.63, 3.8) is 0 Å². The first kappa shape index (κ1) is 17.1. The van der Waals surface area contributed by atoms with Gasteiger partial charge < -0.3 is 4.42 Å². The summed E-state index contributed by atoms with van der Waals surface area (Å²) < 4.78 is 5.76. The number of nitrogens with one attached hydrogen (secondary N) is 1. The van der Waals surface area contributed by atoms with Crippen molar-refractivity contribution in [1.82, 2.24) is 10.4 Å². The molecule has 1 N–H and O–H groups in total. The first-order valence-corrected chi connectivity index (χ1v) is 9.11. The van der Waals surface area contributed by atoms with E-state index in [-0.39, 0.29) is 5.91 Å². The number of furan rings is 1. The lowest BCUT2D eigenvalue weighted by atomic mass is 10.2. The normalized spacial score (nSPS) is 11.1. The number of amides is 1. The summed E-state index contributed by atoms with van der Waals surface area (Å²) in [5.41, 5.74) is 3.97. The fourth-order valence-corrected chi connectivity index (χ4v) is 3.44. The van der Waals surface area contributed by atoms with Crippen molar-refractivity contribution >= 4 is 34.8 Å². The molecule has 1 amide bonds. The van der Waals surface area contributed by atoms with Crippen LogP contribution >= 0.6 is 11.8 Å². The van der Waals surface area contributed by atoms with Crippen molar-refractivity contribution in [2.75, 3.05) is 0 Å². The Bertz CT molecular complexity index is 1100. The number of benzene rings is 2. The van der Waals surface area contributed by atoms with E-state index in [4.69, 9.17) is 4.42 Å². The molecule has 0 aliphatic rings. The molecule has 5 nitrogen and oxygen atoms in total. The predicted molar refractivity (Wildman–Crippen MR) is 106 cm³/mol. The zero-order valence-corrected chi connectivity index (χ0v) is 15.0. The third-order valence-electron chi connectivity index (χ3n) is 3.80. The molecule has 0 saturated heterocycles. The third kappa shape index (κ3) is 4.07. The van der Waals surface area contributed by atoms with Gasteiger partial charge in [0.15, 0.2) is 5.09 Å². The summed E-state index contributed by atoms with van der Waals surface area (Å²) in [6, 6.07) is 22.6. The van der Waals surface area contributed by atoms with Crippen LogP contribution in [0.5, 0.6) is 0 Å². The number of carbonyl (C=O) groups is 1. The number of hydrazone groups is 1. The minimum absolute atomic E-state index is 0.269. The van der Waals surface area contributed by atoms with E-state index < -0.39 is 0 Å². The number of para-hydroxylation sites is 1. The average Bonchev–Trinajstić information content (AvgIpc) is 3.16. The van der Waals surface area contributed by atoms with Crippen molar-refractivity contribution in [1.29, 1.82) is 0 Å². The van der Waals surface area contributed by atoms with Gasteiger partial charge in [-0.1, -0.05) is 36.4 Å². The molecule has 2 aromatic carbocycles. The molecule has 4 rings (SSSR count). The fourth-order valence-electron chi connectivity index (χ4n) is 2.53. The zero-order valence-electron chi connectivity index (χ0n) is 14.2. The standard InChI is InChI=1S/C21H15N3O2S/c25-21(16-6-2-1-3-7-16)24-23-14-17-11-12-19(26-17)27-18-10-4-8-15-9-5-13-22-20(15)18/h1-14H,(H,24,25)/b23-14+. The molecule has 6 heteroatoms. The summed E-state index contributed by atoms with van der Waals surface area (Å²) in [5, 5.41) is 5.76. The van der Waals surface area contributed by atoms with Gasteiger partial charge in [-0.15, -0.1) is 0 Å². The quantitative estimate of drug-likeness (QED) is 0.405. The van der Waals surface area contributed by atoms with Crippen molar-refractivity contribution in [2.45, 2.75) is 9.99 Å². The Morgan fingerprint density at radius 2 is 1.85 bits per heavy atom. The number of pyridine rings is 1. The van der Waals surface area contributed by atoms with Crippen molar-refractivity contribution in [2.24, 2.45) is 5.10 Å². The van der Waals surface area contributed by atoms with E-state index in [0.29, 0.717) is 11.3 Å². The Balaban J connectivity index is 1.43. The first-order chi connectivity index (χ1) is 13.3. The lowest BCUT2D eigenvalue weighted by Crippen LogP contribution is -2.17. The summed E-state index contributed by atoms with van der Waals surface area (Å²) >= 11 is 1.50. The maximum atomic E-state index is 11.9. The summed E-state index contributed by atoms with van der Waals surface area (Å²) in [7, 11) is 0. The molecular weight excluding hydrogens is 358 g/mol. The van der Waals surface area contributed by atoms with Gasteiger partial charge in [-0.3, -0.25) is 9.78 Å². The Hall–Kier alpha value is -3.38. The molecule has 0 unspecified atom stereocenters. The van der Waals surface area contributed by atoms with Gasteiger partial charge in [0.1, 0.15) is 5.76 Å². The van der Waals surface area contributed by atoms with Crippen LogP contribution in [0.25, 0.3) is 10.9 Å². The molecule has 0 aliphatic heterocycles. The SMILES string of the molecule is O=C(N/N=C/c1ccc(Sc2cccc3cccnc23)o1)c1ccccc1. The highest BCUT2D eigenvalue weighted by Crippen LogP contribution is 2.33. The Morgan fingerprint density at radius 3 is 2.74 bits per heavy atom. The smallest absolute Gasteiger partial charge is 0.271 e. The molecule has 0 spiro atoms. The van der Waals surface area contributed by atoms with Crippen LogP contribution in [-0.4, -0.2) is 17.1 Å². The molecular formula is C21H15N3O2S.